The molecule has 2 aromatic rings. The van der Waals surface area contributed by atoms with Gasteiger partial charge in [-0.3, -0.25) is 0 Å². The minimum atomic E-state index is -0.846. The smallest absolute Gasteiger partial charge is 0.198 e. The predicted octanol–water partition coefficient (Wildman–Crippen LogP) is 5.80. The molecular formula is C13H7Cl3F2O. The Morgan fingerprint density at radius 3 is 2.16 bits per heavy atom. The van der Waals surface area contributed by atoms with Gasteiger partial charge in [-0.25, -0.2) is 8.78 Å². The monoisotopic (exact) mass is 322 g/mol. The Balaban J connectivity index is 2.38. The Kier molecular flexibility index (Phi) is 4.50. The molecule has 0 fully saturated rings. The largest absolute Gasteiger partial charge is 0.450 e. The lowest BCUT2D eigenvalue weighted by molar-refractivity contribution is 0.407. The van der Waals surface area contributed by atoms with Gasteiger partial charge < -0.3 is 4.74 Å². The summed E-state index contributed by atoms with van der Waals surface area (Å²) in [6, 6.07) is 6.57. The minimum Gasteiger partial charge on any atom is -0.450 e. The summed E-state index contributed by atoms with van der Waals surface area (Å²) in [7, 11) is 0. The third-order valence-corrected chi connectivity index (χ3v) is 3.16. The SMILES string of the molecule is Fc1cc(CCl)cc(F)c1Oc1ccc(Cl)cc1Cl. The number of hydrogen-bond acceptors (Lipinski definition) is 1. The van der Waals surface area contributed by atoms with Gasteiger partial charge >= 0.3 is 0 Å². The van der Waals surface area contributed by atoms with Crippen molar-refractivity contribution >= 4 is 34.8 Å². The average molecular weight is 324 g/mol. The topological polar surface area (TPSA) is 9.23 Å². The normalized spacial score (nSPS) is 10.6. The lowest BCUT2D eigenvalue weighted by Crippen LogP contribution is -1.95. The average Bonchev–Trinajstić information content (AvgIpc) is 2.35. The van der Waals surface area contributed by atoms with Crippen molar-refractivity contribution in [3.63, 3.8) is 0 Å². The molecule has 1 nitrogen and oxygen atoms in total. The summed E-state index contributed by atoms with van der Waals surface area (Å²) in [6.45, 7) is 0. The summed E-state index contributed by atoms with van der Waals surface area (Å²) in [6.07, 6.45) is 0. The number of halogens is 5. The molecule has 0 heterocycles. The van der Waals surface area contributed by atoms with Crippen LogP contribution in [-0.4, -0.2) is 0 Å². The zero-order valence-electron chi connectivity index (χ0n) is 9.39. The molecular weight excluding hydrogens is 316 g/mol. The van der Waals surface area contributed by atoms with Gasteiger partial charge in [0, 0.05) is 10.9 Å². The Morgan fingerprint density at radius 1 is 1.00 bits per heavy atom. The van der Waals surface area contributed by atoms with Crippen LogP contribution in [0.25, 0.3) is 0 Å². The first-order valence-electron chi connectivity index (χ1n) is 5.18. The highest BCUT2D eigenvalue weighted by atomic mass is 35.5. The Morgan fingerprint density at radius 2 is 1.63 bits per heavy atom. The van der Waals surface area contributed by atoms with Crippen LogP contribution in [0.3, 0.4) is 0 Å². The standard InChI is InChI=1S/C13H7Cl3F2O/c14-6-7-3-10(17)13(11(18)4-7)19-12-2-1-8(15)5-9(12)16/h1-5H,6H2. The van der Waals surface area contributed by atoms with Crippen molar-refractivity contribution in [3.05, 3.63) is 57.6 Å². The lowest BCUT2D eigenvalue weighted by atomic mass is 10.2. The molecule has 0 atom stereocenters. The zero-order valence-corrected chi connectivity index (χ0v) is 11.7. The number of rotatable bonds is 3. The van der Waals surface area contributed by atoms with Gasteiger partial charge in [0.05, 0.1) is 5.02 Å². The molecule has 6 heteroatoms. The molecule has 0 spiro atoms. The van der Waals surface area contributed by atoms with Gasteiger partial charge in [-0.15, -0.1) is 11.6 Å². The second-order valence-electron chi connectivity index (χ2n) is 3.70. The van der Waals surface area contributed by atoms with Crippen LogP contribution in [0.5, 0.6) is 11.5 Å². The highest BCUT2D eigenvalue weighted by Crippen LogP contribution is 2.34. The maximum atomic E-state index is 13.7. The Labute approximate surface area is 123 Å². The van der Waals surface area contributed by atoms with E-state index in [0.717, 1.165) is 12.1 Å². The van der Waals surface area contributed by atoms with Crippen molar-refractivity contribution in [2.45, 2.75) is 5.88 Å². The fourth-order valence-corrected chi connectivity index (χ4v) is 2.06. The van der Waals surface area contributed by atoms with E-state index in [1.165, 1.54) is 18.2 Å². The number of hydrogen-bond donors (Lipinski definition) is 0. The van der Waals surface area contributed by atoms with Crippen molar-refractivity contribution in [1.82, 2.24) is 0 Å². The summed E-state index contributed by atoms with van der Waals surface area (Å²) in [5.74, 6) is -2.10. The van der Waals surface area contributed by atoms with E-state index in [0.29, 0.717) is 10.6 Å². The number of benzene rings is 2. The molecule has 2 aromatic carbocycles. The highest BCUT2D eigenvalue weighted by molar-refractivity contribution is 6.35. The molecule has 0 unspecified atom stereocenters. The summed E-state index contributed by atoms with van der Waals surface area (Å²) >= 11 is 17.1. The van der Waals surface area contributed by atoms with E-state index < -0.39 is 17.4 Å². The van der Waals surface area contributed by atoms with Crippen molar-refractivity contribution < 1.29 is 13.5 Å². The molecule has 0 bridgehead atoms. The van der Waals surface area contributed by atoms with E-state index in [-0.39, 0.29) is 16.7 Å². The molecule has 0 amide bonds. The second kappa shape index (κ2) is 5.95. The maximum Gasteiger partial charge on any atom is 0.198 e. The molecule has 0 saturated heterocycles. The van der Waals surface area contributed by atoms with Gasteiger partial charge in [0.25, 0.3) is 0 Å². The molecule has 100 valence electrons. The van der Waals surface area contributed by atoms with Crippen LogP contribution in [0.4, 0.5) is 8.78 Å². The maximum absolute atomic E-state index is 13.7. The molecule has 2 rings (SSSR count). The summed E-state index contributed by atoms with van der Waals surface area (Å²) in [5.41, 5.74) is 0.325. The quantitative estimate of drug-likeness (QED) is 0.648. The molecule has 0 radical (unpaired) electrons. The molecule has 0 N–H and O–H groups in total. The number of alkyl halides is 1. The van der Waals surface area contributed by atoms with Gasteiger partial charge in [0.1, 0.15) is 5.75 Å². The zero-order chi connectivity index (χ0) is 14.0. The van der Waals surface area contributed by atoms with Crippen LogP contribution in [0.15, 0.2) is 30.3 Å². The Hall–Kier alpha value is -1.03. The Bertz CT molecular complexity index is 594. The fraction of sp³-hybridized carbons (Fsp3) is 0.0769. The van der Waals surface area contributed by atoms with Gasteiger partial charge in [-0.1, -0.05) is 23.2 Å². The van der Waals surface area contributed by atoms with Crippen LogP contribution >= 0.6 is 34.8 Å². The van der Waals surface area contributed by atoms with E-state index in [1.807, 2.05) is 0 Å². The predicted molar refractivity (Wildman–Crippen MR) is 72.5 cm³/mol. The third kappa shape index (κ3) is 3.30. The highest BCUT2D eigenvalue weighted by Gasteiger charge is 2.15. The molecule has 0 aliphatic rings. The number of ether oxygens (including phenoxy) is 1. The van der Waals surface area contributed by atoms with Crippen molar-refractivity contribution in [3.8, 4) is 11.5 Å². The molecule has 0 aliphatic carbocycles. The van der Waals surface area contributed by atoms with Crippen molar-refractivity contribution in [1.29, 1.82) is 0 Å². The summed E-state index contributed by atoms with van der Waals surface area (Å²) in [5, 5.41) is 0.559. The van der Waals surface area contributed by atoms with Gasteiger partial charge in [-0.05, 0) is 35.9 Å². The van der Waals surface area contributed by atoms with Crippen LogP contribution < -0.4 is 4.74 Å². The summed E-state index contributed by atoms with van der Waals surface area (Å²) in [4.78, 5) is 0. The third-order valence-electron chi connectivity index (χ3n) is 2.32. The molecule has 0 aliphatic heterocycles. The van der Waals surface area contributed by atoms with Gasteiger partial charge in [-0.2, -0.15) is 0 Å². The van der Waals surface area contributed by atoms with E-state index in [2.05, 4.69) is 0 Å². The molecule has 19 heavy (non-hydrogen) atoms. The van der Waals surface area contributed by atoms with E-state index in [9.17, 15) is 8.78 Å². The van der Waals surface area contributed by atoms with Crippen LogP contribution in [0, 0.1) is 11.6 Å². The van der Waals surface area contributed by atoms with Crippen molar-refractivity contribution in [2.24, 2.45) is 0 Å². The molecule has 0 saturated carbocycles. The lowest BCUT2D eigenvalue weighted by Gasteiger charge is -2.10. The van der Waals surface area contributed by atoms with Gasteiger partial charge in [0.2, 0.25) is 0 Å². The van der Waals surface area contributed by atoms with E-state index >= 15 is 0 Å². The van der Waals surface area contributed by atoms with Crippen LogP contribution in [0.1, 0.15) is 5.56 Å². The van der Waals surface area contributed by atoms with Crippen LogP contribution in [-0.2, 0) is 5.88 Å². The molecule has 0 aromatic heterocycles. The summed E-state index contributed by atoms with van der Waals surface area (Å²) < 4.78 is 32.5. The first kappa shape index (κ1) is 14.4. The first-order valence-corrected chi connectivity index (χ1v) is 6.47. The fourth-order valence-electron chi connectivity index (χ4n) is 1.45. The van der Waals surface area contributed by atoms with E-state index in [1.54, 1.807) is 0 Å². The second-order valence-corrected chi connectivity index (χ2v) is 4.81. The van der Waals surface area contributed by atoms with Gasteiger partial charge in [0.15, 0.2) is 17.4 Å². The van der Waals surface area contributed by atoms with Crippen LogP contribution in [0.2, 0.25) is 10.0 Å². The van der Waals surface area contributed by atoms with E-state index in [4.69, 9.17) is 39.5 Å². The minimum absolute atomic E-state index is 0.00974. The van der Waals surface area contributed by atoms with Crippen molar-refractivity contribution in [2.75, 3.05) is 0 Å². The first-order chi connectivity index (χ1) is 9.01.